The third-order valence-corrected chi connectivity index (χ3v) is 3.44. The van der Waals surface area contributed by atoms with Crippen molar-refractivity contribution in [1.29, 1.82) is 0 Å². The fourth-order valence-corrected chi connectivity index (χ4v) is 2.46. The van der Waals surface area contributed by atoms with Crippen LogP contribution in [0.3, 0.4) is 0 Å². The van der Waals surface area contributed by atoms with Gasteiger partial charge in [-0.15, -0.1) is 0 Å². The number of aromatic nitrogens is 2. The van der Waals surface area contributed by atoms with Crippen LogP contribution in [0, 0.1) is 0 Å². The maximum atomic E-state index is 5.43. The maximum Gasteiger partial charge on any atom is 0.187 e. The van der Waals surface area contributed by atoms with Gasteiger partial charge >= 0.3 is 0 Å². The van der Waals surface area contributed by atoms with Crippen molar-refractivity contribution >= 4 is 16.7 Å². The summed E-state index contributed by atoms with van der Waals surface area (Å²) < 4.78 is 16.1. The van der Waals surface area contributed by atoms with Gasteiger partial charge in [-0.3, -0.25) is 0 Å². The number of fused-ring (bicyclic) bond motifs is 1. The molecule has 0 aliphatic carbocycles. The third-order valence-electron chi connectivity index (χ3n) is 3.44. The standard InChI is InChI=1S/C14H17N3O3/c1-18-11-4-3-10-12(13(11)19-2)15-9-16-14(10)17-5-7-20-8-6-17/h3-4,9H,5-8H2,1-2H3. The van der Waals surface area contributed by atoms with Crippen LogP contribution in [0.5, 0.6) is 11.5 Å². The van der Waals surface area contributed by atoms with Crippen LogP contribution in [0.25, 0.3) is 10.9 Å². The molecule has 2 heterocycles. The second kappa shape index (κ2) is 5.50. The fourth-order valence-electron chi connectivity index (χ4n) is 2.46. The summed E-state index contributed by atoms with van der Waals surface area (Å²) in [4.78, 5) is 11.0. The summed E-state index contributed by atoms with van der Waals surface area (Å²) in [6.45, 7) is 3.11. The van der Waals surface area contributed by atoms with Crippen molar-refractivity contribution < 1.29 is 14.2 Å². The number of anilines is 1. The highest BCUT2D eigenvalue weighted by molar-refractivity contribution is 5.95. The number of morpholine rings is 1. The minimum atomic E-state index is 0.641. The zero-order chi connectivity index (χ0) is 13.9. The molecule has 20 heavy (non-hydrogen) atoms. The Balaban J connectivity index is 2.14. The smallest absolute Gasteiger partial charge is 0.187 e. The van der Waals surface area contributed by atoms with E-state index in [-0.39, 0.29) is 0 Å². The van der Waals surface area contributed by atoms with Gasteiger partial charge in [0.05, 0.1) is 27.4 Å². The Morgan fingerprint density at radius 2 is 1.90 bits per heavy atom. The molecule has 6 heteroatoms. The highest BCUT2D eigenvalue weighted by Gasteiger charge is 2.18. The molecule has 6 nitrogen and oxygen atoms in total. The molecular weight excluding hydrogens is 258 g/mol. The SMILES string of the molecule is COc1ccc2c(N3CCOCC3)ncnc2c1OC. The molecule has 1 aromatic carbocycles. The lowest BCUT2D eigenvalue weighted by Gasteiger charge is -2.28. The summed E-state index contributed by atoms with van der Waals surface area (Å²) in [5.41, 5.74) is 0.767. The Morgan fingerprint density at radius 3 is 2.60 bits per heavy atom. The molecule has 2 aromatic rings. The number of benzene rings is 1. The van der Waals surface area contributed by atoms with Crippen LogP contribution in [0.4, 0.5) is 5.82 Å². The molecule has 0 radical (unpaired) electrons. The van der Waals surface area contributed by atoms with Gasteiger partial charge < -0.3 is 19.1 Å². The number of hydrogen-bond acceptors (Lipinski definition) is 6. The number of nitrogens with zero attached hydrogens (tertiary/aromatic N) is 3. The van der Waals surface area contributed by atoms with Crippen molar-refractivity contribution in [3.05, 3.63) is 18.5 Å². The van der Waals surface area contributed by atoms with Crippen LogP contribution in [0.2, 0.25) is 0 Å². The first-order valence-electron chi connectivity index (χ1n) is 6.53. The van der Waals surface area contributed by atoms with E-state index < -0.39 is 0 Å². The van der Waals surface area contributed by atoms with Crippen LogP contribution >= 0.6 is 0 Å². The monoisotopic (exact) mass is 275 g/mol. The van der Waals surface area contributed by atoms with Crippen molar-refractivity contribution in [1.82, 2.24) is 9.97 Å². The summed E-state index contributed by atoms with van der Waals surface area (Å²) in [6.07, 6.45) is 1.56. The molecule has 0 spiro atoms. The van der Waals surface area contributed by atoms with E-state index in [1.165, 1.54) is 0 Å². The molecule has 1 aliphatic rings. The van der Waals surface area contributed by atoms with Gasteiger partial charge in [0.2, 0.25) is 0 Å². The quantitative estimate of drug-likeness (QED) is 0.845. The lowest BCUT2D eigenvalue weighted by atomic mass is 10.2. The van der Waals surface area contributed by atoms with Gasteiger partial charge in [-0.1, -0.05) is 0 Å². The zero-order valence-electron chi connectivity index (χ0n) is 11.6. The summed E-state index contributed by atoms with van der Waals surface area (Å²) in [7, 11) is 3.24. The molecule has 0 unspecified atom stereocenters. The van der Waals surface area contributed by atoms with E-state index in [4.69, 9.17) is 14.2 Å². The second-order valence-electron chi connectivity index (χ2n) is 4.49. The van der Waals surface area contributed by atoms with Gasteiger partial charge in [0, 0.05) is 18.5 Å². The van der Waals surface area contributed by atoms with Crippen molar-refractivity contribution in [2.75, 3.05) is 45.4 Å². The minimum Gasteiger partial charge on any atom is -0.493 e. The summed E-state index contributed by atoms with van der Waals surface area (Å²) in [6, 6.07) is 3.86. The zero-order valence-corrected chi connectivity index (χ0v) is 11.6. The molecule has 1 fully saturated rings. The summed E-state index contributed by atoms with van der Waals surface area (Å²) in [5, 5.41) is 0.965. The Labute approximate surface area is 117 Å². The molecular formula is C14H17N3O3. The fraction of sp³-hybridized carbons (Fsp3) is 0.429. The van der Waals surface area contributed by atoms with E-state index >= 15 is 0 Å². The van der Waals surface area contributed by atoms with Gasteiger partial charge in [0.1, 0.15) is 17.7 Å². The van der Waals surface area contributed by atoms with Crippen LogP contribution in [-0.4, -0.2) is 50.5 Å². The lowest BCUT2D eigenvalue weighted by molar-refractivity contribution is 0.122. The Bertz CT molecular complexity index is 612. The molecule has 0 atom stereocenters. The van der Waals surface area contributed by atoms with Crippen LogP contribution in [-0.2, 0) is 4.74 Å². The number of methoxy groups -OCH3 is 2. The summed E-state index contributed by atoms with van der Waals surface area (Å²) in [5.74, 6) is 2.23. The van der Waals surface area contributed by atoms with Gasteiger partial charge in [-0.2, -0.15) is 0 Å². The van der Waals surface area contributed by atoms with Crippen molar-refractivity contribution in [3.63, 3.8) is 0 Å². The molecule has 3 rings (SSSR count). The number of ether oxygens (including phenoxy) is 3. The van der Waals surface area contributed by atoms with Crippen LogP contribution in [0.1, 0.15) is 0 Å². The van der Waals surface area contributed by atoms with E-state index in [0.29, 0.717) is 11.5 Å². The van der Waals surface area contributed by atoms with E-state index in [9.17, 15) is 0 Å². The van der Waals surface area contributed by atoms with Gasteiger partial charge in [0.15, 0.2) is 11.5 Å². The molecule has 0 bridgehead atoms. The molecule has 1 aliphatic heterocycles. The highest BCUT2D eigenvalue weighted by Crippen LogP contribution is 2.36. The second-order valence-corrected chi connectivity index (χ2v) is 4.49. The Hall–Kier alpha value is -2.08. The van der Waals surface area contributed by atoms with E-state index in [0.717, 1.165) is 43.0 Å². The first kappa shape index (κ1) is 12.9. The van der Waals surface area contributed by atoms with Crippen LogP contribution < -0.4 is 14.4 Å². The van der Waals surface area contributed by atoms with Crippen molar-refractivity contribution in [2.24, 2.45) is 0 Å². The first-order valence-corrected chi connectivity index (χ1v) is 6.53. The summed E-state index contributed by atoms with van der Waals surface area (Å²) >= 11 is 0. The predicted octanol–water partition coefficient (Wildman–Crippen LogP) is 1.48. The molecule has 0 N–H and O–H groups in total. The molecule has 0 saturated carbocycles. The molecule has 106 valence electrons. The lowest BCUT2D eigenvalue weighted by Crippen LogP contribution is -2.36. The molecule has 1 saturated heterocycles. The highest BCUT2D eigenvalue weighted by atomic mass is 16.5. The van der Waals surface area contributed by atoms with Crippen LogP contribution in [0.15, 0.2) is 18.5 Å². The molecule has 1 aromatic heterocycles. The van der Waals surface area contributed by atoms with E-state index in [1.807, 2.05) is 12.1 Å². The van der Waals surface area contributed by atoms with Crippen molar-refractivity contribution in [2.45, 2.75) is 0 Å². The van der Waals surface area contributed by atoms with Gasteiger partial charge in [0.25, 0.3) is 0 Å². The number of hydrogen-bond donors (Lipinski definition) is 0. The number of rotatable bonds is 3. The normalized spacial score (nSPS) is 15.4. The average molecular weight is 275 g/mol. The van der Waals surface area contributed by atoms with Gasteiger partial charge in [-0.05, 0) is 12.1 Å². The maximum absolute atomic E-state index is 5.43. The average Bonchev–Trinajstić information content (AvgIpc) is 2.53. The largest absolute Gasteiger partial charge is 0.493 e. The van der Waals surface area contributed by atoms with Crippen molar-refractivity contribution in [3.8, 4) is 11.5 Å². The third kappa shape index (κ3) is 2.12. The Morgan fingerprint density at radius 1 is 1.10 bits per heavy atom. The minimum absolute atomic E-state index is 0.641. The predicted molar refractivity (Wildman–Crippen MR) is 75.7 cm³/mol. The van der Waals surface area contributed by atoms with Gasteiger partial charge in [-0.25, -0.2) is 9.97 Å². The van der Waals surface area contributed by atoms with E-state index in [2.05, 4.69) is 14.9 Å². The van der Waals surface area contributed by atoms with E-state index in [1.54, 1.807) is 20.5 Å². The first-order chi connectivity index (χ1) is 9.85. The topological polar surface area (TPSA) is 56.7 Å². The molecule has 0 amide bonds. The Kier molecular flexibility index (Phi) is 3.56.